The molecule has 4 nitrogen and oxygen atoms in total. The standard InChI is InChI=1S/C11H18N4S2/c1-2-6-15(5-1)7-8-16-11-14-13-10(17-11)12-9-3-4-9/h9H,1-8H2,(H,12,13). The fourth-order valence-electron chi connectivity index (χ4n) is 2.00. The maximum atomic E-state index is 4.21. The quantitative estimate of drug-likeness (QED) is 0.803. The van der Waals surface area contributed by atoms with Crippen molar-refractivity contribution >= 4 is 28.2 Å². The fraction of sp³-hybridized carbons (Fsp3) is 0.818. The van der Waals surface area contributed by atoms with Crippen molar-refractivity contribution in [1.29, 1.82) is 0 Å². The van der Waals surface area contributed by atoms with Crippen molar-refractivity contribution in [2.75, 3.05) is 30.7 Å². The number of nitrogens with one attached hydrogen (secondary N) is 1. The number of anilines is 1. The van der Waals surface area contributed by atoms with Gasteiger partial charge in [-0.05, 0) is 38.8 Å². The second-order valence-corrected chi connectivity index (χ2v) is 7.01. The van der Waals surface area contributed by atoms with Crippen LogP contribution in [-0.4, -0.2) is 46.5 Å². The first-order chi connectivity index (χ1) is 8.40. The van der Waals surface area contributed by atoms with Crippen LogP contribution in [0.4, 0.5) is 5.13 Å². The van der Waals surface area contributed by atoms with Gasteiger partial charge < -0.3 is 10.2 Å². The first kappa shape index (κ1) is 11.7. The molecule has 6 heteroatoms. The van der Waals surface area contributed by atoms with Crippen LogP contribution >= 0.6 is 23.1 Å². The third-order valence-electron chi connectivity index (χ3n) is 3.14. The summed E-state index contributed by atoms with van der Waals surface area (Å²) in [6.07, 6.45) is 5.33. The molecule has 0 radical (unpaired) electrons. The molecule has 3 rings (SSSR count). The van der Waals surface area contributed by atoms with Crippen molar-refractivity contribution in [1.82, 2.24) is 15.1 Å². The van der Waals surface area contributed by atoms with E-state index in [9.17, 15) is 0 Å². The second-order valence-electron chi connectivity index (χ2n) is 4.69. The minimum atomic E-state index is 0.672. The Labute approximate surface area is 110 Å². The highest BCUT2D eigenvalue weighted by Gasteiger charge is 2.22. The van der Waals surface area contributed by atoms with Crippen LogP contribution in [-0.2, 0) is 0 Å². The second kappa shape index (κ2) is 5.54. The highest BCUT2D eigenvalue weighted by molar-refractivity contribution is 8.01. The molecule has 1 aromatic heterocycles. The van der Waals surface area contributed by atoms with Gasteiger partial charge >= 0.3 is 0 Å². The molecule has 0 atom stereocenters. The smallest absolute Gasteiger partial charge is 0.206 e. The van der Waals surface area contributed by atoms with E-state index in [0.717, 1.165) is 15.2 Å². The fourth-order valence-corrected chi connectivity index (χ4v) is 3.90. The highest BCUT2D eigenvalue weighted by atomic mass is 32.2. The van der Waals surface area contributed by atoms with E-state index in [-0.39, 0.29) is 0 Å². The van der Waals surface area contributed by atoms with Gasteiger partial charge in [0.1, 0.15) is 0 Å². The molecule has 0 amide bonds. The lowest BCUT2D eigenvalue weighted by Gasteiger charge is -2.12. The summed E-state index contributed by atoms with van der Waals surface area (Å²) in [6, 6.07) is 0.672. The van der Waals surface area contributed by atoms with Crippen molar-refractivity contribution in [3.63, 3.8) is 0 Å². The highest BCUT2D eigenvalue weighted by Crippen LogP contribution is 2.30. The van der Waals surface area contributed by atoms with Crippen LogP contribution in [0.3, 0.4) is 0 Å². The number of nitrogens with zero attached hydrogens (tertiary/aromatic N) is 3. The molecule has 1 aromatic rings. The minimum absolute atomic E-state index is 0.672. The lowest BCUT2D eigenvalue weighted by Crippen LogP contribution is -2.21. The van der Waals surface area contributed by atoms with Gasteiger partial charge in [0.05, 0.1) is 0 Å². The Hall–Kier alpha value is -0.330. The number of rotatable bonds is 6. The molecular formula is C11H18N4S2. The molecule has 2 aliphatic rings. The molecule has 0 aromatic carbocycles. The van der Waals surface area contributed by atoms with E-state index in [1.165, 1.54) is 45.3 Å². The Balaban J connectivity index is 1.39. The zero-order valence-corrected chi connectivity index (χ0v) is 11.5. The van der Waals surface area contributed by atoms with Crippen molar-refractivity contribution in [3.05, 3.63) is 0 Å². The summed E-state index contributed by atoms with van der Waals surface area (Å²) in [5.74, 6) is 1.14. The van der Waals surface area contributed by atoms with Crippen molar-refractivity contribution in [2.45, 2.75) is 36.1 Å². The first-order valence-electron chi connectivity index (χ1n) is 6.35. The van der Waals surface area contributed by atoms with Gasteiger partial charge in [-0.3, -0.25) is 0 Å². The zero-order valence-electron chi connectivity index (χ0n) is 9.89. The van der Waals surface area contributed by atoms with Crippen molar-refractivity contribution in [2.24, 2.45) is 0 Å². The molecule has 2 heterocycles. The van der Waals surface area contributed by atoms with E-state index >= 15 is 0 Å². The summed E-state index contributed by atoms with van der Waals surface area (Å²) in [4.78, 5) is 2.54. The minimum Gasteiger partial charge on any atom is -0.357 e. The number of likely N-dealkylation sites (tertiary alicyclic amines) is 1. The summed E-state index contributed by atoms with van der Waals surface area (Å²) in [7, 11) is 0. The number of thioether (sulfide) groups is 1. The zero-order chi connectivity index (χ0) is 11.5. The van der Waals surface area contributed by atoms with E-state index < -0.39 is 0 Å². The SMILES string of the molecule is C1CCN(CCSc2nnc(NC3CC3)s2)C1. The van der Waals surface area contributed by atoms with Crippen LogP contribution in [0.1, 0.15) is 25.7 Å². The molecule has 0 unspecified atom stereocenters. The van der Waals surface area contributed by atoms with E-state index in [1.807, 2.05) is 11.8 Å². The topological polar surface area (TPSA) is 41.1 Å². The average Bonchev–Trinajstić information content (AvgIpc) is 2.80. The third kappa shape index (κ3) is 3.56. The summed E-state index contributed by atoms with van der Waals surface area (Å²) < 4.78 is 1.10. The maximum absolute atomic E-state index is 4.21. The van der Waals surface area contributed by atoms with Gasteiger partial charge in [-0.15, -0.1) is 10.2 Å². The molecule has 0 bridgehead atoms. The number of aromatic nitrogens is 2. The van der Waals surface area contributed by atoms with Crippen LogP contribution in [0, 0.1) is 0 Å². The molecule has 2 fully saturated rings. The molecule has 1 aliphatic heterocycles. The lowest BCUT2D eigenvalue weighted by molar-refractivity contribution is 0.362. The maximum Gasteiger partial charge on any atom is 0.206 e. The van der Waals surface area contributed by atoms with Gasteiger partial charge in [0.25, 0.3) is 0 Å². The molecule has 1 aliphatic carbocycles. The third-order valence-corrected chi connectivity index (χ3v) is 5.11. The average molecular weight is 270 g/mol. The normalized spacial score (nSPS) is 20.9. The van der Waals surface area contributed by atoms with Crippen LogP contribution in [0.2, 0.25) is 0 Å². The Morgan fingerprint density at radius 3 is 2.88 bits per heavy atom. The Kier molecular flexibility index (Phi) is 3.83. The van der Waals surface area contributed by atoms with Gasteiger partial charge in [0.2, 0.25) is 5.13 Å². The predicted molar refractivity (Wildman–Crippen MR) is 73.0 cm³/mol. The first-order valence-corrected chi connectivity index (χ1v) is 8.15. The van der Waals surface area contributed by atoms with E-state index in [4.69, 9.17) is 0 Å². The largest absolute Gasteiger partial charge is 0.357 e. The van der Waals surface area contributed by atoms with Crippen LogP contribution < -0.4 is 5.32 Å². The van der Waals surface area contributed by atoms with Crippen LogP contribution in [0.15, 0.2) is 4.34 Å². The van der Waals surface area contributed by atoms with Gasteiger partial charge in [-0.25, -0.2) is 0 Å². The molecular weight excluding hydrogens is 252 g/mol. The van der Waals surface area contributed by atoms with Gasteiger partial charge in [-0.1, -0.05) is 23.1 Å². The number of hydrogen-bond donors (Lipinski definition) is 1. The van der Waals surface area contributed by atoms with E-state index in [0.29, 0.717) is 6.04 Å². The van der Waals surface area contributed by atoms with Crippen LogP contribution in [0.25, 0.3) is 0 Å². The number of hydrogen-bond acceptors (Lipinski definition) is 6. The lowest BCUT2D eigenvalue weighted by atomic mass is 10.4. The predicted octanol–water partition coefficient (Wildman–Crippen LogP) is 2.30. The molecule has 17 heavy (non-hydrogen) atoms. The van der Waals surface area contributed by atoms with Gasteiger partial charge in [0, 0.05) is 18.3 Å². The molecule has 1 N–H and O–H groups in total. The summed E-state index contributed by atoms with van der Waals surface area (Å²) in [5.41, 5.74) is 0. The van der Waals surface area contributed by atoms with Crippen molar-refractivity contribution in [3.8, 4) is 0 Å². The monoisotopic (exact) mass is 270 g/mol. The summed E-state index contributed by atoms with van der Waals surface area (Å²) in [5, 5.41) is 12.8. The van der Waals surface area contributed by atoms with Crippen LogP contribution in [0.5, 0.6) is 0 Å². The Morgan fingerprint density at radius 1 is 1.29 bits per heavy atom. The Bertz CT molecular complexity index is 358. The van der Waals surface area contributed by atoms with Gasteiger partial charge in [0.15, 0.2) is 4.34 Å². The molecule has 1 saturated heterocycles. The molecule has 0 spiro atoms. The van der Waals surface area contributed by atoms with E-state index in [1.54, 1.807) is 11.3 Å². The molecule has 1 saturated carbocycles. The summed E-state index contributed by atoms with van der Waals surface area (Å²) >= 11 is 3.53. The summed E-state index contributed by atoms with van der Waals surface area (Å²) in [6.45, 7) is 3.76. The van der Waals surface area contributed by atoms with E-state index in [2.05, 4.69) is 20.4 Å². The Morgan fingerprint density at radius 2 is 2.12 bits per heavy atom. The van der Waals surface area contributed by atoms with Crippen molar-refractivity contribution < 1.29 is 0 Å². The molecule has 94 valence electrons. The van der Waals surface area contributed by atoms with Gasteiger partial charge in [-0.2, -0.15) is 0 Å².